The fourth-order valence-corrected chi connectivity index (χ4v) is 2.37. The van der Waals surface area contributed by atoms with Crippen LogP contribution in [0.1, 0.15) is 32.1 Å². The van der Waals surface area contributed by atoms with Crippen LogP contribution in [0.2, 0.25) is 0 Å². The van der Waals surface area contributed by atoms with Crippen molar-refractivity contribution in [2.24, 2.45) is 0 Å². The molecule has 0 aromatic carbocycles. The first-order chi connectivity index (χ1) is 5.33. The van der Waals surface area contributed by atoms with E-state index < -0.39 is 7.66 Å². The van der Waals surface area contributed by atoms with E-state index in [9.17, 15) is 0 Å². The van der Waals surface area contributed by atoms with Crippen molar-refractivity contribution < 1.29 is 14.3 Å². The van der Waals surface area contributed by atoms with E-state index in [1.54, 1.807) is 0 Å². The second-order valence-corrected chi connectivity index (χ2v) is 5.17. The van der Waals surface area contributed by atoms with Gasteiger partial charge in [0, 0.05) is 0 Å². The molecule has 3 nitrogen and oxygen atoms in total. The minimum Gasteiger partial charge on any atom is -0.304 e. The summed E-state index contributed by atoms with van der Waals surface area (Å²) in [5.41, 5.74) is 0. The van der Waals surface area contributed by atoms with Gasteiger partial charge < -0.3 is 4.89 Å². The van der Waals surface area contributed by atoms with Gasteiger partial charge in [0.25, 0.3) is 0 Å². The molecular formula is C6H13O3P2+. The minimum atomic E-state index is -1.57. The normalized spacial score (nSPS) is 22.2. The molecule has 2 N–H and O–H groups in total. The highest BCUT2D eigenvalue weighted by atomic mass is 31.8. The van der Waals surface area contributed by atoms with Gasteiger partial charge in [-0.2, -0.15) is 4.89 Å². The highest BCUT2D eigenvalue weighted by molar-refractivity contribution is 7.85. The molecule has 0 aromatic rings. The molecule has 1 aliphatic carbocycles. The Bertz CT molecular complexity index is 143. The zero-order valence-electron chi connectivity index (χ0n) is 6.31. The van der Waals surface area contributed by atoms with Gasteiger partial charge in [-0.3, -0.25) is 0 Å². The van der Waals surface area contributed by atoms with Gasteiger partial charge in [-0.25, -0.2) is 0 Å². The largest absolute Gasteiger partial charge is 0.480 e. The molecule has 0 aromatic heterocycles. The summed E-state index contributed by atoms with van der Waals surface area (Å²) in [6.07, 6.45) is 5.93. The Morgan fingerprint density at radius 3 is 2.45 bits per heavy atom. The first kappa shape index (κ1) is 9.57. The van der Waals surface area contributed by atoms with Crippen molar-refractivity contribution in [2.45, 2.75) is 38.2 Å². The zero-order valence-corrected chi connectivity index (χ0v) is 8.10. The summed E-state index contributed by atoms with van der Waals surface area (Å²) in [6.45, 7) is 0. The molecule has 0 amide bonds. The van der Waals surface area contributed by atoms with Crippen molar-refractivity contribution in [1.29, 1.82) is 0 Å². The summed E-state index contributed by atoms with van der Waals surface area (Å²) in [7, 11) is -1.59. The Hall–Kier alpha value is 0.480. The van der Waals surface area contributed by atoms with Crippen LogP contribution in [-0.4, -0.2) is 15.9 Å². The van der Waals surface area contributed by atoms with Crippen LogP contribution in [-0.2, 0) is 4.52 Å². The maximum Gasteiger partial charge on any atom is 0.480 e. The van der Waals surface area contributed by atoms with Gasteiger partial charge in [-0.1, -0.05) is 19.3 Å². The molecule has 1 aliphatic rings. The predicted molar refractivity (Wildman–Crippen MR) is 46.2 cm³/mol. The first-order valence-electron chi connectivity index (χ1n) is 3.83. The molecule has 0 aliphatic heterocycles. The monoisotopic (exact) mass is 195 g/mol. The highest BCUT2D eigenvalue weighted by Gasteiger charge is 2.21. The van der Waals surface area contributed by atoms with E-state index >= 15 is 0 Å². The van der Waals surface area contributed by atoms with Gasteiger partial charge in [0.1, 0.15) is 6.10 Å². The lowest BCUT2D eigenvalue weighted by Crippen LogP contribution is -2.12. The quantitative estimate of drug-likeness (QED) is 0.665. The van der Waals surface area contributed by atoms with Crippen molar-refractivity contribution in [3.8, 4) is 0 Å². The molecule has 0 spiro atoms. The van der Waals surface area contributed by atoms with Crippen LogP contribution < -0.4 is 0 Å². The Kier molecular flexibility index (Phi) is 4.51. The zero-order chi connectivity index (χ0) is 8.10. The molecule has 0 saturated heterocycles. The van der Waals surface area contributed by atoms with Crippen LogP contribution >= 0.6 is 15.8 Å². The van der Waals surface area contributed by atoms with E-state index in [0.29, 0.717) is 0 Å². The lowest BCUT2D eigenvalue weighted by Gasteiger charge is -2.15. The average molecular weight is 195 g/mol. The van der Waals surface area contributed by atoms with E-state index in [1.165, 1.54) is 19.3 Å². The van der Waals surface area contributed by atoms with Crippen LogP contribution in [0.5, 0.6) is 0 Å². The molecule has 1 saturated carbocycles. The standard InChI is InChI=1S/C6H13O3P2/c7-10-11(8)9-6-4-2-1-3-5-6/h6-8H,1-5H2/q+1. The molecular weight excluding hydrogens is 182 g/mol. The van der Waals surface area contributed by atoms with E-state index in [-0.39, 0.29) is 14.2 Å². The molecule has 1 unspecified atom stereocenters. The summed E-state index contributed by atoms with van der Waals surface area (Å²) < 4.78 is 5.20. The van der Waals surface area contributed by atoms with Gasteiger partial charge in [0.05, 0.1) is 0 Å². The molecule has 0 heterocycles. The van der Waals surface area contributed by atoms with E-state index in [2.05, 4.69) is 0 Å². The summed E-state index contributed by atoms with van der Waals surface area (Å²) in [5, 5.41) is 0. The molecule has 1 fully saturated rings. The maximum atomic E-state index is 8.99. The van der Waals surface area contributed by atoms with Crippen molar-refractivity contribution in [1.82, 2.24) is 0 Å². The number of hydrogen-bond donors (Lipinski definition) is 2. The molecule has 0 radical (unpaired) electrons. The van der Waals surface area contributed by atoms with Crippen LogP contribution in [0, 0.1) is 0 Å². The van der Waals surface area contributed by atoms with Crippen LogP contribution in [0.4, 0.5) is 0 Å². The summed E-state index contributed by atoms with van der Waals surface area (Å²) >= 11 is 0. The van der Waals surface area contributed by atoms with E-state index in [4.69, 9.17) is 14.3 Å². The Morgan fingerprint density at radius 2 is 1.91 bits per heavy atom. The van der Waals surface area contributed by atoms with Gasteiger partial charge in [-0.15, -0.1) is 4.52 Å². The second kappa shape index (κ2) is 5.18. The first-order valence-corrected chi connectivity index (χ1v) is 6.60. The lowest BCUT2D eigenvalue weighted by molar-refractivity contribution is 0.163. The summed E-state index contributed by atoms with van der Waals surface area (Å²) in [5.74, 6) is 0. The molecule has 1 rings (SSSR count). The molecule has 64 valence electrons. The third-order valence-corrected chi connectivity index (χ3v) is 3.25. The lowest BCUT2D eigenvalue weighted by atomic mass is 9.98. The van der Waals surface area contributed by atoms with Gasteiger partial charge in [0.15, 0.2) is 0 Å². The SMILES string of the molecule is OP=[P+](O)OC1CCCCC1. The molecule has 11 heavy (non-hydrogen) atoms. The Balaban J connectivity index is 2.24. The maximum absolute atomic E-state index is 8.99. The molecule has 1 atom stereocenters. The van der Waals surface area contributed by atoms with Crippen LogP contribution in [0.15, 0.2) is 0 Å². The van der Waals surface area contributed by atoms with Crippen molar-refractivity contribution in [3.63, 3.8) is 0 Å². The van der Waals surface area contributed by atoms with Gasteiger partial charge in [0.2, 0.25) is 0 Å². The topological polar surface area (TPSA) is 49.7 Å². The summed E-state index contributed by atoms with van der Waals surface area (Å²) in [6, 6.07) is 0. The fourth-order valence-electron chi connectivity index (χ4n) is 1.32. The van der Waals surface area contributed by atoms with Crippen molar-refractivity contribution in [2.75, 3.05) is 0 Å². The third-order valence-electron chi connectivity index (χ3n) is 1.87. The Labute approximate surface area is 69.0 Å². The number of hydrogen-bond acceptors (Lipinski definition) is 1. The predicted octanol–water partition coefficient (Wildman–Crippen LogP) is 2.41. The van der Waals surface area contributed by atoms with Gasteiger partial charge >= 0.3 is 15.8 Å². The third kappa shape index (κ3) is 3.59. The molecule has 5 heteroatoms. The second-order valence-electron chi connectivity index (χ2n) is 2.71. The van der Waals surface area contributed by atoms with Gasteiger partial charge in [-0.05, 0) is 12.8 Å². The van der Waals surface area contributed by atoms with E-state index in [1.807, 2.05) is 0 Å². The van der Waals surface area contributed by atoms with Crippen LogP contribution in [0.3, 0.4) is 0 Å². The van der Waals surface area contributed by atoms with Crippen molar-refractivity contribution >= 4 is 15.8 Å². The molecule has 0 bridgehead atoms. The van der Waals surface area contributed by atoms with E-state index in [0.717, 1.165) is 12.8 Å². The van der Waals surface area contributed by atoms with Crippen LogP contribution in [0.25, 0.3) is 0 Å². The average Bonchev–Trinajstić information content (AvgIpc) is 2.06. The highest BCUT2D eigenvalue weighted by Crippen LogP contribution is 2.35. The smallest absolute Gasteiger partial charge is 0.304 e. The fraction of sp³-hybridized carbons (Fsp3) is 1.00. The minimum absolute atomic E-state index is 0.0147. The van der Waals surface area contributed by atoms with Crippen molar-refractivity contribution in [3.05, 3.63) is 0 Å². The Morgan fingerprint density at radius 1 is 1.27 bits per heavy atom. The summed E-state index contributed by atoms with van der Waals surface area (Å²) in [4.78, 5) is 17.5. The number of rotatable bonds is 2.